The summed E-state index contributed by atoms with van der Waals surface area (Å²) < 4.78 is 18.2. The maximum Gasteiger partial charge on any atom is 0.237 e. The van der Waals surface area contributed by atoms with Crippen LogP contribution in [0.15, 0.2) is 72.1 Å². The number of fused-ring (bicyclic) bond motifs is 1. The summed E-state index contributed by atoms with van der Waals surface area (Å²) in [5.41, 5.74) is 2.30. The van der Waals surface area contributed by atoms with Crippen LogP contribution in [0.25, 0.3) is 17.1 Å². The van der Waals surface area contributed by atoms with E-state index < -0.39 is 5.25 Å². The van der Waals surface area contributed by atoms with E-state index in [9.17, 15) is 4.79 Å². The third-order valence-corrected chi connectivity index (χ3v) is 6.29. The van der Waals surface area contributed by atoms with Crippen LogP contribution >= 0.6 is 11.8 Å². The molecule has 1 aliphatic rings. The highest BCUT2D eigenvalue weighted by Gasteiger charge is 2.23. The third kappa shape index (κ3) is 4.92. The third-order valence-electron chi connectivity index (χ3n) is 5.25. The van der Waals surface area contributed by atoms with Crippen LogP contribution in [0.1, 0.15) is 13.8 Å². The quantitative estimate of drug-likeness (QED) is 0.359. The number of carbonyl (C=O) groups is 1. The summed E-state index contributed by atoms with van der Waals surface area (Å²) in [7, 11) is 0. The molecule has 9 nitrogen and oxygen atoms in total. The molecule has 0 radical (unpaired) electrons. The molecule has 0 bridgehead atoms. The Balaban J connectivity index is 1.40. The van der Waals surface area contributed by atoms with E-state index in [4.69, 9.17) is 14.2 Å². The molecule has 10 heteroatoms. The monoisotopic (exact) mass is 489 g/mol. The topological polar surface area (TPSA) is 100 Å². The van der Waals surface area contributed by atoms with E-state index in [-0.39, 0.29) is 12.7 Å². The lowest BCUT2D eigenvalue weighted by Crippen LogP contribution is -2.22. The molecule has 178 valence electrons. The molecule has 4 aromatic rings. The van der Waals surface area contributed by atoms with Crippen molar-refractivity contribution in [3.8, 4) is 34.3 Å². The summed E-state index contributed by atoms with van der Waals surface area (Å²) >= 11 is 1.32. The van der Waals surface area contributed by atoms with Crippen molar-refractivity contribution in [2.45, 2.75) is 24.3 Å². The van der Waals surface area contributed by atoms with Gasteiger partial charge in [0.2, 0.25) is 12.7 Å². The fourth-order valence-corrected chi connectivity index (χ4v) is 4.42. The summed E-state index contributed by atoms with van der Waals surface area (Å²) in [6, 6.07) is 16.8. The molecular formula is C25H23N5O4S. The van der Waals surface area contributed by atoms with Gasteiger partial charge in [-0.25, -0.2) is 0 Å². The average molecular weight is 490 g/mol. The molecule has 0 saturated heterocycles. The maximum absolute atomic E-state index is 13.0. The summed E-state index contributed by atoms with van der Waals surface area (Å²) in [5, 5.41) is 11.9. The van der Waals surface area contributed by atoms with Gasteiger partial charge in [-0.3, -0.25) is 14.3 Å². The zero-order chi connectivity index (χ0) is 24.2. The number of benzene rings is 2. The first-order chi connectivity index (χ1) is 17.1. The van der Waals surface area contributed by atoms with Gasteiger partial charge in [0.05, 0.1) is 11.9 Å². The Morgan fingerprint density at radius 2 is 1.97 bits per heavy atom. The second-order valence-corrected chi connectivity index (χ2v) is 8.94. The highest BCUT2D eigenvalue weighted by atomic mass is 32.2. The molecule has 35 heavy (non-hydrogen) atoms. The number of pyridine rings is 1. The highest BCUT2D eigenvalue weighted by Crippen LogP contribution is 2.35. The van der Waals surface area contributed by atoms with E-state index in [2.05, 4.69) is 20.5 Å². The number of anilines is 1. The number of nitrogens with one attached hydrogen (secondary N) is 1. The van der Waals surface area contributed by atoms with Crippen LogP contribution in [-0.4, -0.2) is 44.3 Å². The van der Waals surface area contributed by atoms with Gasteiger partial charge < -0.3 is 19.5 Å². The molecule has 0 unspecified atom stereocenters. The highest BCUT2D eigenvalue weighted by molar-refractivity contribution is 8.00. The first kappa shape index (κ1) is 22.7. The average Bonchev–Trinajstić information content (AvgIpc) is 3.52. The van der Waals surface area contributed by atoms with Crippen LogP contribution in [0.3, 0.4) is 0 Å². The second kappa shape index (κ2) is 10.1. The molecule has 0 spiro atoms. The summed E-state index contributed by atoms with van der Waals surface area (Å²) in [6.45, 7) is 4.54. The predicted molar refractivity (Wildman–Crippen MR) is 132 cm³/mol. The van der Waals surface area contributed by atoms with Gasteiger partial charge in [0.25, 0.3) is 0 Å². The van der Waals surface area contributed by atoms with Crippen LogP contribution < -0.4 is 19.5 Å². The minimum Gasteiger partial charge on any atom is -0.494 e. The Morgan fingerprint density at radius 3 is 2.74 bits per heavy atom. The van der Waals surface area contributed by atoms with Crippen LogP contribution in [-0.2, 0) is 4.79 Å². The lowest BCUT2D eigenvalue weighted by molar-refractivity contribution is -0.115. The number of thioether (sulfide) groups is 1. The normalized spacial score (nSPS) is 12.9. The van der Waals surface area contributed by atoms with Crippen molar-refractivity contribution in [3.05, 3.63) is 67.0 Å². The predicted octanol–water partition coefficient (Wildman–Crippen LogP) is 4.58. The number of hydrogen-bond donors (Lipinski definition) is 1. The number of carbonyl (C=O) groups excluding carboxylic acids is 1. The summed E-state index contributed by atoms with van der Waals surface area (Å²) in [5.74, 6) is 2.51. The Morgan fingerprint density at radius 1 is 1.14 bits per heavy atom. The van der Waals surface area contributed by atoms with Crippen LogP contribution in [0.2, 0.25) is 0 Å². The van der Waals surface area contributed by atoms with Gasteiger partial charge in [0.1, 0.15) is 5.75 Å². The maximum atomic E-state index is 13.0. The van der Waals surface area contributed by atoms with Crippen LogP contribution in [0.5, 0.6) is 17.2 Å². The molecule has 1 aliphatic heterocycles. The lowest BCUT2D eigenvalue weighted by atomic mass is 10.2. The number of rotatable bonds is 8. The molecule has 2 aromatic heterocycles. The van der Waals surface area contributed by atoms with Gasteiger partial charge in [-0.05, 0) is 62.4 Å². The zero-order valence-corrected chi connectivity index (χ0v) is 20.0. The fraction of sp³-hybridized carbons (Fsp3) is 0.200. The number of aromatic nitrogens is 4. The van der Waals surface area contributed by atoms with E-state index in [1.807, 2.05) is 54.8 Å². The van der Waals surface area contributed by atoms with Gasteiger partial charge in [-0.1, -0.05) is 11.8 Å². The standard InChI is InChI=1S/C25H23N5O4S/c1-3-32-20-9-7-19(8-10-20)30-23(17-5-4-12-26-14-17)28-29-25(30)35-16(2)24(31)27-18-6-11-21-22(13-18)34-15-33-21/h4-14,16H,3,15H2,1-2H3,(H,27,31)/t16-/m0/s1. The van der Waals surface area contributed by atoms with Crippen molar-refractivity contribution in [1.29, 1.82) is 0 Å². The van der Waals surface area contributed by atoms with Crippen molar-refractivity contribution in [2.75, 3.05) is 18.7 Å². The van der Waals surface area contributed by atoms with Crippen LogP contribution in [0.4, 0.5) is 5.69 Å². The van der Waals surface area contributed by atoms with Gasteiger partial charge in [-0.2, -0.15) is 0 Å². The molecular weight excluding hydrogens is 466 g/mol. The summed E-state index contributed by atoms with van der Waals surface area (Å²) in [4.78, 5) is 17.2. The first-order valence-corrected chi connectivity index (χ1v) is 12.0. The smallest absolute Gasteiger partial charge is 0.237 e. The van der Waals surface area contributed by atoms with Crippen molar-refractivity contribution in [3.63, 3.8) is 0 Å². The number of ether oxygens (including phenoxy) is 3. The first-order valence-electron chi connectivity index (χ1n) is 11.1. The van der Waals surface area contributed by atoms with Crippen molar-refractivity contribution in [2.24, 2.45) is 0 Å². The summed E-state index contributed by atoms with van der Waals surface area (Å²) in [6.07, 6.45) is 3.44. The number of hydrogen-bond acceptors (Lipinski definition) is 8. The SMILES string of the molecule is CCOc1ccc(-n2c(S[C@@H](C)C(=O)Nc3ccc4c(c3)OCO4)nnc2-c2cccnc2)cc1. The van der Waals surface area contributed by atoms with Gasteiger partial charge in [-0.15, -0.1) is 10.2 Å². The Labute approximate surface area is 206 Å². The van der Waals surface area contributed by atoms with E-state index in [0.29, 0.717) is 34.8 Å². The zero-order valence-electron chi connectivity index (χ0n) is 19.2. The van der Waals surface area contributed by atoms with E-state index in [1.165, 1.54) is 11.8 Å². The fourth-order valence-electron chi connectivity index (χ4n) is 3.55. The minimum absolute atomic E-state index is 0.168. The number of nitrogens with zero attached hydrogens (tertiary/aromatic N) is 4. The second-order valence-electron chi connectivity index (χ2n) is 7.63. The molecule has 5 rings (SSSR count). The molecule has 0 fully saturated rings. The molecule has 2 aromatic carbocycles. The largest absolute Gasteiger partial charge is 0.494 e. The van der Waals surface area contributed by atoms with E-state index >= 15 is 0 Å². The molecule has 0 saturated carbocycles. The van der Waals surface area contributed by atoms with Gasteiger partial charge in [0, 0.05) is 35.4 Å². The Bertz CT molecular complexity index is 1330. The lowest BCUT2D eigenvalue weighted by Gasteiger charge is -2.14. The number of amides is 1. The molecule has 1 amide bonds. The van der Waals surface area contributed by atoms with Gasteiger partial charge >= 0.3 is 0 Å². The Kier molecular flexibility index (Phi) is 6.53. The van der Waals surface area contributed by atoms with Crippen molar-refractivity contribution >= 4 is 23.4 Å². The Hall–Kier alpha value is -4.05. The van der Waals surface area contributed by atoms with Crippen molar-refractivity contribution < 1.29 is 19.0 Å². The van der Waals surface area contributed by atoms with Crippen molar-refractivity contribution in [1.82, 2.24) is 19.7 Å². The van der Waals surface area contributed by atoms with Gasteiger partial charge in [0.15, 0.2) is 22.5 Å². The minimum atomic E-state index is -0.451. The molecule has 1 atom stereocenters. The molecule has 1 N–H and O–H groups in total. The van der Waals surface area contributed by atoms with E-state index in [1.54, 1.807) is 30.6 Å². The van der Waals surface area contributed by atoms with Crippen LogP contribution in [0, 0.1) is 0 Å². The van der Waals surface area contributed by atoms with E-state index in [0.717, 1.165) is 17.0 Å². The molecule has 3 heterocycles. The molecule has 0 aliphatic carbocycles.